The normalized spacial score (nSPS) is 20.7. The zero-order valence-corrected chi connectivity index (χ0v) is 17.1. The van der Waals surface area contributed by atoms with Crippen molar-refractivity contribution in [1.29, 1.82) is 0 Å². The van der Waals surface area contributed by atoms with Gasteiger partial charge in [-0.2, -0.15) is 25.9 Å². The minimum absolute atomic E-state index is 0.0422. The highest BCUT2D eigenvalue weighted by molar-refractivity contribution is 7.87. The van der Waals surface area contributed by atoms with Crippen LogP contribution >= 0.6 is 0 Å². The Morgan fingerprint density at radius 1 is 1.14 bits per heavy atom. The van der Waals surface area contributed by atoms with Crippen molar-refractivity contribution < 1.29 is 41.1 Å². The van der Waals surface area contributed by atoms with Gasteiger partial charge in [0.1, 0.15) is 0 Å². The van der Waals surface area contributed by atoms with Crippen LogP contribution in [-0.2, 0) is 24.5 Å². The zero-order valence-electron chi connectivity index (χ0n) is 16.3. The Morgan fingerprint density at radius 3 is 2.34 bits per heavy atom. The van der Waals surface area contributed by atoms with Crippen LogP contribution in [0.3, 0.4) is 0 Å². The van der Waals surface area contributed by atoms with Crippen LogP contribution in [0.2, 0.25) is 0 Å². The number of hydroxylamine groups is 1. The fraction of sp³-hybridized carbons (Fsp3) is 0.941. The Morgan fingerprint density at radius 2 is 1.76 bits per heavy atom. The van der Waals surface area contributed by atoms with Gasteiger partial charge in [0.25, 0.3) is 5.91 Å². The first kappa shape index (κ1) is 24.3. The number of piperidine rings is 1. The minimum atomic E-state index is -4.29. The van der Waals surface area contributed by atoms with E-state index in [1.54, 1.807) is 0 Å². The van der Waals surface area contributed by atoms with Gasteiger partial charge in [-0.05, 0) is 44.4 Å². The van der Waals surface area contributed by atoms with Gasteiger partial charge in [0.2, 0.25) is 0 Å². The number of nitrogens with zero attached hydrogens (tertiary/aromatic N) is 2. The Hall–Kier alpha value is -0.950. The van der Waals surface area contributed by atoms with Crippen LogP contribution in [0.5, 0.6) is 0 Å². The molecule has 0 aromatic carbocycles. The molecular weight excluding hydrogens is 417 g/mol. The number of halogens is 3. The average Bonchev–Trinajstić information content (AvgIpc) is 2.69. The molecule has 0 unspecified atom stereocenters. The molecule has 2 aliphatic rings. The van der Waals surface area contributed by atoms with Gasteiger partial charge in [0, 0.05) is 51.9 Å². The number of carbonyl (C=O) groups excluding carboxylic acids is 1. The van der Waals surface area contributed by atoms with Gasteiger partial charge in [-0.1, -0.05) is 4.47 Å². The van der Waals surface area contributed by atoms with E-state index in [4.69, 9.17) is 9.47 Å². The van der Waals surface area contributed by atoms with Crippen molar-refractivity contribution >= 4 is 16.1 Å². The topological polar surface area (TPSA) is 96.4 Å². The number of hydrogen-bond donors (Lipinski definition) is 1. The molecule has 0 aliphatic carbocycles. The standard InChI is InChI=1S/C17H29F3N2O6S/c18-17(19,20)7-1-10-27-11-4-14-2-8-21(9-3-14)29(25,26)22(24)16(23)15-5-12-28-13-6-15/h14-15,24H,1-13H2. The smallest absolute Gasteiger partial charge is 0.381 e. The fourth-order valence-electron chi connectivity index (χ4n) is 3.48. The van der Waals surface area contributed by atoms with Crippen molar-refractivity contribution in [1.82, 2.24) is 8.77 Å². The summed E-state index contributed by atoms with van der Waals surface area (Å²) in [6, 6.07) is 0. The summed E-state index contributed by atoms with van der Waals surface area (Å²) in [6.45, 7) is 1.41. The molecule has 2 fully saturated rings. The maximum atomic E-state index is 12.5. The van der Waals surface area contributed by atoms with Crippen LogP contribution in [0.1, 0.15) is 44.9 Å². The summed E-state index contributed by atoms with van der Waals surface area (Å²) < 4.78 is 72.5. The van der Waals surface area contributed by atoms with E-state index >= 15 is 0 Å². The molecule has 12 heteroatoms. The average molecular weight is 446 g/mol. The molecule has 0 aromatic heterocycles. The third-order valence-electron chi connectivity index (χ3n) is 5.30. The Bertz CT molecular complexity index is 617. The molecular formula is C17H29F3N2O6S. The summed E-state index contributed by atoms with van der Waals surface area (Å²) in [7, 11) is -4.29. The third-order valence-corrected chi connectivity index (χ3v) is 6.93. The lowest BCUT2D eigenvalue weighted by Crippen LogP contribution is -2.50. The molecule has 2 aliphatic heterocycles. The molecule has 1 amide bonds. The van der Waals surface area contributed by atoms with E-state index in [9.17, 15) is 31.6 Å². The van der Waals surface area contributed by atoms with E-state index in [1.165, 1.54) is 0 Å². The van der Waals surface area contributed by atoms with E-state index in [2.05, 4.69) is 0 Å². The van der Waals surface area contributed by atoms with Crippen LogP contribution in [-0.4, -0.2) is 74.0 Å². The summed E-state index contributed by atoms with van der Waals surface area (Å²) in [6.07, 6.45) is -2.68. The molecule has 2 rings (SSSR count). The summed E-state index contributed by atoms with van der Waals surface area (Å²) >= 11 is 0. The maximum absolute atomic E-state index is 12.5. The SMILES string of the molecule is O=C(C1CCOCC1)N(O)S(=O)(=O)N1CCC(CCOCCCC(F)(F)F)CC1. The van der Waals surface area contributed by atoms with Crippen molar-refractivity contribution in [3.63, 3.8) is 0 Å². The number of rotatable bonds is 9. The molecule has 2 heterocycles. The molecule has 0 atom stereocenters. The van der Waals surface area contributed by atoms with Crippen LogP contribution in [0.15, 0.2) is 0 Å². The summed E-state index contributed by atoms with van der Waals surface area (Å²) in [5.74, 6) is -1.22. The van der Waals surface area contributed by atoms with Crippen molar-refractivity contribution in [3.8, 4) is 0 Å². The van der Waals surface area contributed by atoms with Gasteiger partial charge in [-0.15, -0.1) is 0 Å². The summed E-state index contributed by atoms with van der Waals surface area (Å²) in [5.41, 5.74) is 0. The molecule has 2 saturated heterocycles. The number of carbonyl (C=O) groups is 1. The molecule has 0 spiro atoms. The highest BCUT2D eigenvalue weighted by atomic mass is 32.2. The lowest BCUT2D eigenvalue weighted by molar-refractivity contribution is -0.154. The lowest BCUT2D eigenvalue weighted by atomic mass is 9.95. The predicted octanol–water partition coefficient (Wildman–Crippen LogP) is 2.34. The van der Waals surface area contributed by atoms with Crippen molar-refractivity contribution in [3.05, 3.63) is 0 Å². The first-order valence-corrected chi connectivity index (χ1v) is 11.3. The van der Waals surface area contributed by atoms with Crippen LogP contribution in [0.25, 0.3) is 0 Å². The van der Waals surface area contributed by atoms with Gasteiger partial charge in [-0.25, -0.2) is 0 Å². The van der Waals surface area contributed by atoms with Gasteiger partial charge < -0.3 is 9.47 Å². The second kappa shape index (κ2) is 10.9. The van der Waals surface area contributed by atoms with Crippen LogP contribution < -0.4 is 0 Å². The van der Waals surface area contributed by atoms with Crippen LogP contribution in [0, 0.1) is 11.8 Å². The Labute approximate surface area is 169 Å². The first-order chi connectivity index (χ1) is 13.6. The van der Waals surface area contributed by atoms with E-state index in [0.29, 0.717) is 51.9 Å². The predicted molar refractivity (Wildman–Crippen MR) is 96.1 cm³/mol. The number of hydrogen-bond acceptors (Lipinski definition) is 6. The van der Waals surface area contributed by atoms with E-state index < -0.39 is 34.6 Å². The van der Waals surface area contributed by atoms with Gasteiger partial charge in [0.05, 0.1) is 0 Å². The molecule has 0 aromatic rings. The maximum Gasteiger partial charge on any atom is 0.389 e. The highest BCUT2D eigenvalue weighted by Crippen LogP contribution is 2.26. The van der Waals surface area contributed by atoms with Gasteiger partial charge in [0.15, 0.2) is 0 Å². The molecule has 8 nitrogen and oxygen atoms in total. The van der Waals surface area contributed by atoms with E-state index in [0.717, 1.165) is 4.31 Å². The molecule has 170 valence electrons. The molecule has 1 N–H and O–H groups in total. The molecule has 0 radical (unpaired) electrons. The lowest BCUT2D eigenvalue weighted by Gasteiger charge is -2.33. The van der Waals surface area contributed by atoms with Gasteiger partial charge in [-0.3, -0.25) is 10.0 Å². The first-order valence-electron chi connectivity index (χ1n) is 9.86. The number of alkyl halides is 3. The number of ether oxygens (including phenoxy) is 2. The van der Waals surface area contributed by atoms with Crippen LogP contribution in [0.4, 0.5) is 13.2 Å². The second-order valence-corrected chi connectivity index (χ2v) is 9.20. The van der Waals surface area contributed by atoms with Crippen molar-refractivity contribution in [2.75, 3.05) is 39.5 Å². The largest absolute Gasteiger partial charge is 0.389 e. The summed E-state index contributed by atoms with van der Waals surface area (Å²) in [5, 5.41) is 10.0. The second-order valence-electron chi connectivity index (χ2n) is 7.44. The monoisotopic (exact) mass is 446 g/mol. The van der Waals surface area contributed by atoms with Crippen molar-refractivity contribution in [2.45, 2.75) is 51.1 Å². The van der Waals surface area contributed by atoms with Crippen molar-refractivity contribution in [2.24, 2.45) is 11.8 Å². The summed E-state index contributed by atoms with van der Waals surface area (Å²) in [4.78, 5) is 12.3. The zero-order chi connectivity index (χ0) is 21.5. The molecule has 0 bridgehead atoms. The molecule has 29 heavy (non-hydrogen) atoms. The quantitative estimate of drug-likeness (QED) is 0.332. The van der Waals surface area contributed by atoms with E-state index in [-0.39, 0.29) is 36.5 Å². The minimum Gasteiger partial charge on any atom is -0.381 e. The fourth-order valence-corrected chi connectivity index (χ4v) is 4.75. The number of amides is 1. The van der Waals surface area contributed by atoms with Gasteiger partial charge >= 0.3 is 16.4 Å². The van der Waals surface area contributed by atoms with E-state index in [1.807, 2.05) is 0 Å². The highest BCUT2D eigenvalue weighted by Gasteiger charge is 2.38. The Kier molecular flexibility index (Phi) is 9.14. The molecule has 0 saturated carbocycles. The third kappa shape index (κ3) is 7.67. The Balaban J connectivity index is 1.70.